The largest absolute Gasteiger partial charge is 0.293 e. The number of hydrogen-bond acceptors (Lipinski definition) is 3. The van der Waals surface area contributed by atoms with E-state index in [-0.39, 0.29) is 12.2 Å². The van der Waals surface area contributed by atoms with Gasteiger partial charge in [0.15, 0.2) is 33.1 Å². The topological polar surface area (TPSA) is 51.2 Å². The highest BCUT2D eigenvalue weighted by atomic mass is 32.2. The van der Waals surface area contributed by atoms with Gasteiger partial charge >= 0.3 is 0 Å². The molecule has 1 aliphatic rings. The van der Waals surface area contributed by atoms with Crippen molar-refractivity contribution in [2.24, 2.45) is 0 Å². The average molecular weight is 292 g/mol. The standard InChI is InChI=1S/C12H11F3O3S/c13-8-5-4-7(10(14)11(8)15)12(16)9-3-1-2-6-19(9,17)18/h4-5,9H,1-3,6H2. The lowest BCUT2D eigenvalue weighted by Gasteiger charge is -2.21. The maximum atomic E-state index is 13.5. The van der Waals surface area contributed by atoms with Crippen molar-refractivity contribution in [1.29, 1.82) is 0 Å². The van der Waals surface area contributed by atoms with Crippen LogP contribution in [0.4, 0.5) is 13.2 Å². The molecule has 19 heavy (non-hydrogen) atoms. The van der Waals surface area contributed by atoms with Crippen LogP contribution in [-0.4, -0.2) is 25.2 Å². The smallest absolute Gasteiger partial charge is 0.195 e. The second-order valence-electron chi connectivity index (χ2n) is 4.44. The lowest BCUT2D eigenvalue weighted by Crippen LogP contribution is -2.36. The first-order chi connectivity index (χ1) is 8.84. The minimum Gasteiger partial charge on any atom is -0.293 e. The van der Waals surface area contributed by atoms with Crippen LogP contribution in [0.5, 0.6) is 0 Å². The number of carbonyl (C=O) groups is 1. The van der Waals surface area contributed by atoms with E-state index < -0.39 is 43.9 Å². The fourth-order valence-electron chi connectivity index (χ4n) is 2.14. The maximum Gasteiger partial charge on any atom is 0.195 e. The van der Waals surface area contributed by atoms with Gasteiger partial charge in [0.1, 0.15) is 5.25 Å². The molecular weight excluding hydrogens is 281 g/mol. The van der Waals surface area contributed by atoms with Gasteiger partial charge in [0.2, 0.25) is 0 Å². The van der Waals surface area contributed by atoms with Gasteiger partial charge in [-0.1, -0.05) is 6.42 Å². The molecule has 1 heterocycles. The summed E-state index contributed by atoms with van der Waals surface area (Å²) in [5, 5.41) is -1.36. The number of benzene rings is 1. The predicted octanol–water partition coefficient (Wildman–Crippen LogP) is 2.25. The van der Waals surface area contributed by atoms with Crippen molar-refractivity contribution < 1.29 is 26.4 Å². The molecule has 1 saturated heterocycles. The van der Waals surface area contributed by atoms with Gasteiger partial charge in [0.05, 0.1) is 11.3 Å². The Hall–Kier alpha value is -1.37. The molecule has 2 rings (SSSR count). The number of sulfone groups is 1. The van der Waals surface area contributed by atoms with Crippen LogP contribution in [0.2, 0.25) is 0 Å². The second-order valence-corrected chi connectivity index (χ2v) is 6.74. The molecular formula is C12H11F3O3S. The van der Waals surface area contributed by atoms with Crippen molar-refractivity contribution in [3.63, 3.8) is 0 Å². The normalized spacial score (nSPS) is 22.2. The van der Waals surface area contributed by atoms with E-state index in [4.69, 9.17) is 0 Å². The molecule has 7 heteroatoms. The Balaban J connectivity index is 2.42. The van der Waals surface area contributed by atoms with E-state index in [1.165, 1.54) is 0 Å². The van der Waals surface area contributed by atoms with Crippen LogP contribution in [0.15, 0.2) is 12.1 Å². The summed E-state index contributed by atoms with van der Waals surface area (Å²) in [7, 11) is -3.64. The monoisotopic (exact) mass is 292 g/mol. The fraction of sp³-hybridized carbons (Fsp3) is 0.417. The first-order valence-electron chi connectivity index (χ1n) is 5.74. The Labute approximate surface area is 108 Å². The van der Waals surface area contributed by atoms with Crippen LogP contribution < -0.4 is 0 Å². The molecule has 0 saturated carbocycles. The highest BCUT2D eigenvalue weighted by Gasteiger charge is 2.37. The summed E-state index contributed by atoms with van der Waals surface area (Å²) in [6.07, 6.45) is 1.06. The quantitative estimate of drug-likeness (QED) is 0.620. The molecule has 0 bridgehead atoms. The van der Waals surface area contributed by atoms with Gasteiger partial charge in [-0.05, 0) is 25.0 Å². The van der Waals surface area contributed by atoms with Crippen molar-refractivity contribution in [2.75, 3.05) is 5.75 Å². The zero-order valence-corrected chi connectivity index (χ0v) is 10.6. The van der Waals surface area contributed by atoms with Crippen LogP contribution in [-0.2, 0) is 9.84 Å². The van der Waals surface area contributed by atoms with Crippen molar-refractivity contribution in [3.05, 3.63) is 35.1 Å². The molecule has 0 N–H and O–H groups in total. The summed E-state index contributed by atoms with van der Waals surface area (Å²) in [6.45, 7) is 0. The van der Waals surface area contributed by atoms with Gasteiger partial charge in [-0.25, -0.2) is 21.6 Å². The Morgan fingerprint density at radius 3 is 2.42 bits per heavy atom. The summed E-state index contributed by atoms with van der Waals surface area (Å²) in [4.78, 5) is 12.0. The summed E-state index contributed by atoms with van der Waals surface area (Å²) in [5.41, 5.74) is -0.714. The van der Waals surface area contributed by atoms with Gasteiger partial charge in [-0.2, -0.15) is 0 Å². The Morgan fingerprint density at radius 2 is 1.79 bits per heavy atom. The fourth-order valence-corrected chi connectivity index (χ4v) is 4.01. The molecule has 1 aromatic rings. The Kier molecular flexibility index (Phi) is 3.66. The lowest BCUT2D eigenvalue weighted by atomic mass is 10.0. The Morgan fingerprint density at radius 1 is 1.11 bits per heavy atom. The van der Waals surface area contributed by atoms with Gasteiger partial charge in [-0.3, -0.25) is 4.79 Å². The van der Waals surface area contributed by atoms with Crippen LogP contribution in [0.25, 0.3) is 0 Å². The molecule has 0 spiro atoms. The molecule has 1 fully saturated rings. The minimum absolute atomic E-state index is 0.0829. The van der Waals surface area contributed by atoms with Gasteiger partial charge in [0, 0.05) is 0 Å². The van der Waals surface area contributed by atoms with E-state index in [0.717, 1.165) is 6.07 Å². The number of halogens is 3. The van der Waals surface area contributed by atoms with E-state index in [0.29, 0.717) is 18.9 Å². The molecule has 0 radical (unpaired) electrons. The zero-order valence-electron chi connectivity index (χ0n) is 9.83. The molecule has 1 atom stereocenters. The SMILES string of the molecule is O=C(c1ccc(F)c(F)c1F)C1CCCCS1(=O)=O. The molecule has 1 aliphatic heterocycles. The van der Waals surface area contributed by atoms with Gasteiger partial charge < -0.3 is 0 Å². The van der Waals surface area contributed by atoms with Crippen LogP contribution in [0.3, 0.4) is 0 Å². The molecule has 0 amide bonds. The van der Waals surface area contributed by atoms with E-state index in [1.807, 2.05) is 0 Å². The molecule has 0 aromatic heterocycles. The summed E-state index contributed by atoms with van der Waals surface area (Å²) < 4.78 is 62.8. The van der Waals surface area contributed by atoms with E-state index in [1.54, 1.807) is 0 Å². The highest BCUT2D eigenvalue weighted by Crippen LogP contribution is 2.25. The van der Waals surface area contributed by atoms with E-state index in [9.17, 15) is 26.4 Å². The van der Waals surface area contributed by atoms with Crippen molar-refractivity contribution in [2.45, 2.75) is 24.5 Å². The first-order valence-corrected chi connectivity index (χ1v) is 7.45. The molecule has 0 aliphatic carbocycles. The average Bonchev–Trinajstić information content (AvgIpc) is 2.35. The number of rotatable bonds is 2. The summed E-state index contributed by atoms with van der Waals surface area (Å²) >= 11 is 0. The van der Waals surface area contributed by atoms with Gasteiger partial charge in [-0.15, -0.1) is 0 Å². The number of hydrogen-bond donors (Lipinski definition) is 0. The molecule has 1 unspecified atom stereocenters. The summed E-state index contributed by atoms with van der Waals surface area (Å²) in [5.74, 6) is -5.96. The zero-order chi connectivity index (χ0) is 14.2. The van der Waals surface area contributed by atoms with E-state index in [2.05, 4.69) is 0 Å². The van der Waals surface area contributed by atoms with Crippen molar-refractivity contribution in [1.82, 2.24) is 0 Å². The first kappa shape index (κ1) is 14.0. The van der Waals surface area contributed by atoms with Crippen LogP contribution in [0.1, 0.15) is 29.6 Å². The molecule has 1 aromatic carbocycles. The van der Waals surface area contributed by atoms with Crippen molar-refractivity contribution in [3.8, 4) is 0 Å². The Bertz CT molecular complexity index is 625. The number of carbonyl (C=O) groups excluding carboxylic acids is 1. The minimum atomic E-state index is -3.64. The number of ketones is 1. The summed E-state index contributed by atoms with van der Waals surface area (Å²) in [6, 6.07) is 1.39. The third kappa shape index (κ3) is 2.51. The lowest BCUT2D eigenvalue weighted by molar-refractivity contribution is 0.0976. The number of Topliss-reactive ketones (excluding diaryl/α,β-unsaturated/α-hetero) is 1. The van der Waals surface area contributed by atoms with Crippen LogP contribution >= 0.6 is 0 Å². The second kappa shape index (κ2) is 4.96. The predicted molar refractivity (Wildman–Crippen MR) is 62.1 cm³/mol. The highest BCUT2D eigenvalue weighted by molar-refractivity contribution is 7.92. The van der Waals surface area contributed by atoms with Crippen LogP contribution in [0, 0.1) is 17.5 Å². The molecule has 104 valence electrons. The third-order valence-corrected chi connectivity index (χ3v) is 5.35. The van der Waals surface area contributed by atoms with Gasteiger partial charge in [0.25, 0.3) is 0 Å². The maximum absolute atomic E-state index is 13.5. The molecule has 3 nitrogen and oxygen atoms in total. The van der Waals surface area contributed by atoms with Crippen molar-refractivity contribution >= 4 is 15.6 Å². The third-order valence-electron chi connectivity index (χ3n) is 3.17. The van der Waals surface area contributed by atoms with E-state index >= 15 is 0 Å².